The molecule has 1 aromatic carbocycles. The van der Waals surface area contributed by atoms with Gasteiger partial charge in [-0.3, -0.25) is 9.59 Å². The molecule has 3 nitrogen and oxygen atoms in total. The summed E-state index contributed by atoms with van der Waals surface area (Å²) >= 11 is 3.38. The van der Waals surface area contributed by atoms with Gasteiger partial charge in [0.05, 0.1) is 6.61 Å². The van der Waals surface area contributed by atoms with Gasteiger partial charge in [-0.05, 0) is 38.0 Å². The number of carbonyl (C=O) groups is 2. The molecular weight excluding hydrogens is 308 g/mol. The Labute approximate surface area is 122 Å². The third-order valence-corrected chi connectivity index (χ3v) is 3.51. The molecule has 0 bridgehead atoms. The summed E-state index contributed by atoms with van der Waals surface area (Å²) < 4.78 is 5.71. The van der Waals surface area contributed by atoms with Crippen molar-refractivity contribution in [1.29, 1.82) is 0 Å². The average molecular weight is 327 g/mol. The van der Waals surface area contributed by atoms with Crippen molar-refractivity contribution in [2.45, 2.75) is 33.6 Å². The monoisotopic (exact) mass is 326 g/mol. The smallest absolute Gasteiger partial charge is 0.316 e. The normalized spacial score (nSPS) is 12.0. The van der Waals surface area contributed by atoms with Crippen molar-refractivity contribution in [2.75, 3.05) is 6.61 Å². The fourth-order valence-corrected chi connectivity index (χ4v) is 2.58. The van der Waals surface area contributed by atoms with E-state index in [1.807, 2.05) is 26.0 Å². The molecule has 1 aromatic rings. The van der Waals surface area contributed by atoms with Gasteiger partial charge in [0, 0.05) is 10.0 Å². The summed E-state index contributed by atoms with van der Waals surface area (Å²) in [6.07, 6.45) is 1.27. The summed E-state index contributed by atoms with van der Waals surface area (Å²) in [6.45, 7) is 5.94. The largest absolute Gasteiger partial charge is 0.465 e. The molecule has 0 aliphatic rings. The minimum absolute atomic E-state index is 0.174. The molecule has 0 aliphatic carbocycles. The van der Waals surface area contributed by atoms with Crippen molar-refractivity contribution in [1.82, 2.24) is 0 Å². The summed E-state index contributed by atoms with van der Waals surface area (Å²) in [7, 11) is 0. The third kappa shape index (κ3) is 4.16. The van der Waals surface area contributed by atoms with E-state index >= 15 is 0 Å². The lowest BCUT2D eigenvalue weighted by Gasteiger charge is -2.14. The Hall–Kier alpha value is -1.16. The lowest BCUT2D eigenvalue weighted by molar-refractivity contribution is -0.146. The summed E-state index contributed by atoms with van der Waals surface area (Å²) in [5.41, 5.74) is 1.60. The summed E-state index contributed by atoms with van der Waals surface area (Å²) in [5.74, 6) is -1.31. The van der Waals surface area contributed by atoms with Crippen molar-refractivity contribution >= 4 is 27.7 Å². The van der Waals surface area contributed by atoms with Gasteiger partial charge in [-0.2, -0.15) is 0 Å². The van der Waals surface area contributed by atoms with Crippen molar-refractivity contribution in [3.63, 3.8) is 0 Å². The van der Waals surface area contributed by atoms with Crippen molar-refractivity contribution < 1.29 is 14.3 Å². The standard InChI is InChI=1S/C15H19BrO3/c1-4-6-12(15(18)19-5-2)14(17)11-8-7-10(3)9-13(11)16/h7-9,12H,4-6H2,1-3H3. The number of halogens is 1. The zero-order chi connectivity index (χ0) is 14.4. The Morgan fingerprint density at radius 2 is 2.00 bits per heavy atom. The van der Waals surface area contributed by atoms with E-state index in [1.165, 1.54) is 0 Å². The molecule has 104 valence electrons. The van der Waals surface area contributed by atoms with Crippen LogP contribution >= 0.6 is 15.9 Å². The van der Waals surface area contributed by atoms with Gasteiger partial charge >= 0.3 is 5.97 Å². The molecule has 0 saturated carbocycles. The SMILES string of the molecule is CCCC(C(=O)OCC)C(=O)c1ccc(C)cc1Br. The molecule has 0 fully saturated rings. The number of hydrogen-bond donors (Lipinski definition) is 0. The predicted octanol–water partition coefficient (Wildman–Crippen LogP) is 3.92. The second-order valence-electron chi connectivity index (χ2n) is 4.44. The van der Waals surface area contributed by atoms with Gasteiger partial charge in [0.1, 0.15) is 5.92 Å². The second kappa shape index (κ2) is 7.43. The topological polar surface area (TPSA) is 43.4 Å². The summed E-state index contributed by atoms with van der Waals surface area (Å²) in [6, 6.07) is 5.50. The van der Waals surface area contributed by atoms with Gasteiger partial charge in [0.25, 0.3) is 0 Å². The minimum Gasteiger partial charge on any atom is -0.465 e. The number of carbonyl (C=O) groups excluding carboxylic acids is 2. The van der Waals surface area contributed by atoms with Gasteiger partial charge < -0.3 is 4.74 Å². The third-order valence-electron chi connectivity index (χ3n) is 2.86. The Balaban J connectivity index is 3.02. The minimum atomic E-state index is -0.705. The first-order valence-corrected chi connectivity index (χ1v) is 7.27. The summed E-state index contributed by atoms with van der Waals surface area (Å²) in [4.78, 5) is 24.3. The van der Waals surface area contributed by atoms with Crippen LogP contribution in [0.5, 0.6) is 0 Å². The van der Waals surface area contributed by atoms with Gasteiger partial charge in [0.2, 0.25) is 0 Å². The van der Waals surface area contributed by atoms with E-state index in [9.17, 15) is 9.59 Å². The number of ether oxygens (including phenoxy) is 1. The molecule has 4 heteroatoms. The maximum absolute atomic E-state index is 12.5. The van der Waals surface area contributed by atoms with E-state index in [0.717, 1.165) is 16.5 Å². The van der Waals surface area contributed by atoms with Crippen molar-refractivity contribution in [2.24, 2.45) is 5.92 Å². The lowest BCUT2D eigenvalue weighted by atomic mass is 9.93. The highest BCUT2D eigenvalue weighted by Crippen LogP contribution is 2.24. The van der Waals surface area contributed by atoms with Crippen LogP contribution in [0.15, 0.2) is 22.7 Å². The van der Waals surface area contributed by atoms with Crippen LogP contribution in [0.25, 0.3) is 0 Å². The summed E-state index contributed by atoms with van der Waals surface area (Å²) in [5, 5.41) is 0. The van der Waals surface area contributed by atoms with Crippen LogP contribution in [0, 0.1) is 12.8 Å². The molecule has 19 heavy (non-hydrogen) atoms. The van der Waals surface area contributed by atoms with Gasteiger partial charge in [-0.25, -0.2) is 0 Å². The molecule has 0 aliphatic heterocycles. The fourth-order valence-electron chi connectivity index (χ4n) is 1.90. The average Bonchev–Trinajstić information content (AvgIpc) is 2.35. The van der Waals surface area contributed by atoms with Crippen LogP contribution in [-0.2, 0) is 9.53 Å². The van der Waals surface area contributed by atoms with Crippen LogP contribution in [0.3, 0.4) is 0 Å². The zero-order valence-electron chi connectivity index (χ0n) is 11.5. The molecule has 0 spiro atoms. The van der Waals surface area contributed by atoms with Crippen molar-refractivity contribution in [3.05, 3.63) is 33.8 Å². The molecule has 0 radical (unpaired) electrons. The number of rotatable bonds is 6. The maximum atomic E-state index is 12.5. The molecule has 0 N–H and O–H groups in total. The second-order valence-corrected chi connectivity index (χ2v) is 5.30. The maximum Gasteiger partial charge on any atom is 0.316 e. The number of aryl methyl sites for hydroxylation is 1. The van der Waals surface area contributed by atoms with Gasteiger partial charge in [-0.15, -0.1) is 0 Å². The molecule has 0 aromatic heterocycles. The predicted molar refractivity (Wildman–Crippen MR) is 78.2 cm³/mol. The van der Waals surface area contributed by atoms with E-state index in [4.69, 9.17) is 4.74 Å². The van der Waals surface area contributed by atoms with E-state index in [-0.39, 0.29) is 5.78 Å². The first-order valence-electron chi connectivity index (χ1n) is 6.48. The molecule has 0 amide bonds. The van der Waals surface area contributed by atoms with Crippen molar-refractivity contribution in [3.8, 4) is 0 Å². The Kier molecular flexibility index (Phi) is 6.22. The molecule has 1 unspecified atom stereocenters. The zero-order valence-corrected chi connectivity index (χ0v) is 13.1. The highest BCUT2D eigenvalue weighted by molar-refractivity contribution is 9.10. The number of Topliss-reactive ketones (excluding diaryl/α,β-unsaturated/α-hetero) is 1. The van der Waals surface area contributed by atoms with Crippen LogP contribution in [0.4, 0.5) is 0 Å². The molecular formula is C15H19BrO3. The van der Waals surface area contributed by atoms with Crippen LogP contribution in [0.1, 0.15) is 42.6 Å². The number of benzene rings is 1. The molecule has 0 heterocycles. The highest BCUT2D eigenvalue weighted by atomic mass is 79.9. The van der Waals surface area contributed by atoms with Crippen LogP contribution in [-0.4, -0.2) is 18.4 Å². The lowest BCUT2D eigenvalue weighted by Crippen LogP contribution is -2.26. The van der Waals surface area contributed by atoms with Gasteiger partial charge in [-0.1, -0.05) is 35.3 Å². The number of esters is 1. The van der Waals surface area contributed by atoms with E-state index < -0.39 is 11.9 Å². The fraction of sp³-hybridized carbons (Fsp3) is 0.467. The van der Waals surface area contributed by atoms with E-state index in [1.54, 1.807) is 13.0 Å². The van der Waals surface area contributed by atoms with Gasteiger partial charge in [0.15, 0.2) is 5.78 Å². The Morgan fingerprint density at radius 3 is 2.53 bits per heavy atom. The van der Waals surface area contributed by atoms with Crippen LogP contribution < -0.4 is 0 Å². The molecule has 1 atom stereocenters. The highest BCUT2D eigenvalue weighted by Gasteiger charge is 2.29. The number of hydrogen-bond acceptors (Lipinski definition) is 3. The van der Waals surface area contributed by atoms with E-state index in [2.05, 4.69) is 15.9 Å². The molecule has 0 saturated heterocycles. The van der Waals surface area contributed by atoms with E-state index in [0.29, 0.717) is 18.6 Å². The quantitative estimate of drug-likeness (QED) is 0.452. The first-order chi connectivity index (χ1) is 9.01. The number of ketones is 1. The van der Waals surface area contributed by atoms with Crippen LogP contribution in [0.2, 0.25) is 0 Å². The molecule has 1 rings (SSSR count). The Bertz CT molecular complexity index is 468. The Morgan fingerprint density at radius 1 is 1.32 bits per heavy atom. The first kappa shape index (κ1) is 15.9.